The van der Waals surface area contributed by atoms with Crippen molar-refractivity contribution in [3.8, 4) is 0 Å². The first-order valence-corrected chi connectivity index (χ1v) is 4.78. The van der Waals surface area contributed by atoms with Crippen LogP contribution in [-0.2, 0) is 4.79 Å². The number of hydrogen-bond acceptors (Lipinski definition) is 3. The van der Waals surface area contributed by atoms with Crippen molar-refractivity contribution in [2.75, 3.05) is 13.2 Å². The zero-order valence-corrected chi connectivity index (χ0v) is 7.91. The summed E-state index contributed by atoms with van der Waals surface area (Å²) in [5, 5.41) is 17.2. The molecule has 0 spiro atoms. The van der Waals surface area contributed by atoms with E-state index in [4.69, 9.17) is 10.2 Å². The van der Waals surface area contributed by atoms with Gasteiger partial charge in [-0.1, -0.05) is 6.42 Å². The summed E-state index contributed by atoms with van der Waals surface area (Å²) in [5.41, 5.74) is 0. The van der Waals surface area contributed by atoms with Crippen LogP contribution >= 0.6 is 0 Å². The molecule has 2 N–H and O–H groups in total. The third-order valence-corrected chi connectivity index (χ3v) is 2.02. The minimum absolute atomic E-state index is 0.170. The van der Waals surface area contributed by atoms with Crippen molar-refractivity contribution in [3.63, 3.8) is 0 Å². The summed E-state index contributed by atoms with van der Waals surface area (Å²) in [5.74, 6) is 2.00. The van der Waals surface area contributed by atoms with Gasteiger partial charge in [-0.2, -0.15) is 0 Å². The minimum Gasteiger partial charge on any atom is -0.396 e. The molecule has 3 heteroatoms. The third-order valence-electron chi connectivity index (χ3n) is 2.02. The summed E-state index contributed by atoms with van der Waals surface area (Å²) in [6, 6.07) is 0. The molecule has 76 valence electrons. The molecule has 0 aromatic rings. The molecule has 0 amide bonds. The van der Waals surface area contributed by atoms with E-state index in [1.165, 1.54) is 6.08 Å². The van der Waals surface area contributed by atoms with Gasteiger partial charge >= 0.3 is 0 Å². The number of allylic oxidation sites excluding steroid dienone is 1. The Balaban J connectivity index is 3.60. The summed E-state index contributed by atoms with van der Waals surface area (Å²) in [6.07, 6.45) is 5.68. The average molecular weight is 186 g/mol. The Kier molecular flexibility index (Phi) is 9.00. The number of aliphatic hydroxyl groups excluding tert-OH is 2. The molecule has 0 saturated carbocycles. The second-order valence-electron chi connectivity index (χ2n) is 3.13. The number of aliphatic hydroxyl groups is 2. The highest BCUT2D eigenvalue weighted by Crippen LogP contribution is 2.14. The quantitative estimate of drug-likeness (QED) is 0.438. The molecular weight excluding hydrogens is 168 g/mol. The maximum atomic E-state index is 10.1. The maximum absolute atomic E-state index is 10.1. The lowest BCUT2D eigenvalue weighted by atomic mass is 9.97. The summed E-state index contributed by atoms with van der Waals surface area (Å²) >= 11 is 0. The van der Waals surface area contributed by atoms with Gasteiger partial charge in [0.05, 0.1) is 0 Å². The Morgan fingerprint density at radius 1 is 1.08 bits per heavy atom. The Bertz CT molecular complexity index is 150. The van der Waals surface area contributed by atoms with Crippen LogP contribution in [0, 0.1) is 5.92 Å². The molecule has 0 saturated heterocycles. The Morgan fingerprint density at radius 3 is 2.23 bits per heavy atom. The molecule has 0 aromatic carbocycles. The summed E-state index contributed by atoms with van der Waals surface area (Å²) in [4.78, 5) is 10.1. The summed E-state index contributed by atoms with van der Waals surface area (Å²) < 4.78 is 0. The van der Waals surface area contributed by atoms with E-state index in [9.17, 15) is 4.79 Å². The SMILES string of the molecule is O=C=CC(CCCO)CCCCO. The molecule has 0 aliphatic heterocycles. The smallest absolute Gasteiger partial charge is 0.120 e. The lowest BCUT2D eigenvalue weighted by molar-refractivity contribution is 0.266. The number of carbonyl (C=O) groups excluding carboxylic acids is 1. The van der Waals surface area contributed by atoms with Crippen LogP contribution in [0.5, 0.6) is 0 Å². The van der Waals surface area contributed by atoms with E-state index in [1.54, 1.807) is 5.94 Å². The van der Waals surface area contributed by atoms with Crippen molar-refractivity contribution in [1.82, 2.24) is 0 Å². The Hall–Kier alpha value is -0.630. The van der Waals surface area contributed by atoms with Crippen LogP contribution in [0.4, 0.5) is 0 Å². The lowest BCUT2D eigenvalue weighted by Crippen LogP contribution is -1.99. The minimum atomic E-state index is 0.170. The third kappa shape index (κ3) is 7.72. The van der Waals surface area contributed by atoms with Gasteiger partial charge in [0.15, 0.2) is 0 Å². The van der Waals surface area contributed by atoms with Gasteiger partial charge in [-0.3, -0.25) is 0 Å². The predicted molar refractivity (Wildman–Crippen MR) is 51.0 cm³/mol. The fraction of sp³-hybridized carbons (Fsp3) is 0.800. The predicted octanol–water partition coefficient (Wildman–Crippen LogP) is 0.925. The second kappa shape index (κ2) is 9.46. The van der Waals surface area contributed by atoms with Crippen molar-refractivity contribution in [2.24, 2.45) is 5.92 Å². The fourth-order valence-corrected chi connectivity index (χ4v) is 1.28. The molecule has 0 aliphatic carbocycles. The van der Waals surface area contributed by atoms with E-state index in [-0.39, 0.29) is 19.1 Å². The van der Waals surface area contributed by atoms with Gasteiger partial charge in [-0.05, 0) is 31.6 Å². The summed E-state index contributed by atoms with van der Waals surface area (Å²) in [6.45, 7) is 0.376. The normalized spacial score (nSPS) is 12.2. The standard InChI is InChI=1S/C10H18O3/c11-7-2-1-4-10(6-9-13)5-3-8-12/h6,10-12H,1-5,7-8H2. The van der Waals surface area contributed by atoms with Crippen molar-refractivity contribution in [1.29, 1.82) is 0 Å². The van der Waals surface area contributed by atoms with Gasteiger partial charge in [0.25, 0.3) is 0 Å². The first-order valence-electron chi connectivity index (χ1n) is 4.78. The van der Waals surface area contributed by atoms with Crippen molar-refractivity contribution in [3.05, 3.63) is 6.08 Å². The van der Waals surface area contributed by atoms with Gasteiger partial charge < -0.3 is 10.2 Å². The van der Waals surface area contributed by atoms with Crippen LogP contribution in [0.3, 0.4) is 0 Å². The molecule has 0 radical (unpaired) electrons. The largest absolute Gasteiger partial charge is 0.396 e. The van der Waals surface area contributed by atoms with E-state index in [0.717, 1.165) is 32.1 Å². The molecule has 0 bridgehead atoms. The van der Waals surface area contributed by atoms with Crippen LogP contribution in [0.25, 0.3) is 0 Å². The first-order chi connectivity index (χ1) is 6.35. The van der Waals surface area contributed by atoms with Crippen LogP contribution in [0.15, 0.2) is 6.08 Å². The van der Waals surface area contributed by atoms with Crippen LogP contribution < -0.4 is 0 Å². The first kappa shape index (κ1) is 12.4. The van der Waals surface area contributed by atoms with Gasteiger partial charge in [0, 0.05) is 19.3 Å². The molecule has 0 heterocycles. The zero-order valence-electron chi connectivity index (χ0n) is 7.91. The second-order valence-corrected chi connectivity index (χ2v) is 3.13. The van der Waals surface area contributed by atoms with Gasteiger partial charge in [-0.15, -0.1) is 0 Å². The summed E-state index contributed by atoms with van der Waals surface area (Å²) in [7, 11) is 0. The van der Waals surface area contributed by atoms with E-state index < -0.39 is 0 Å². The van der Waals surface area contributed by atoms with Crippen LogP contribution in [0.1, 0.15) is 32.1 Å². The monoisotopic (exact) mass is 186 g/mol. The van der Waals surface area contributed by atoms with Crippen LogP contribution in [-0.4, -0.2) is 29.4 Å². The van der Waals surface area contributed by atoms with Gasteiger partial charge in [-0.25, -0.2) is 4.79 Å². The van der Waals surface area contributed by atoms with Crippen molar-refractivity contribution in [2.45, 2.75) is 32.1 Å². The average Bonchev–Trinajstić information content (AvgIpc) is 2.14. The molecule has 0 rings (SSSR count). The molecular formula is C10H18O3. The van der Waals surface area contributed by atoms with E-state index in [0.29, 0.717) is 0 Å². The number of rotatable bonds is 8. The van der Waals surface area contributed by atoms with E-state index >= 15 is 0 Å². The molecule has 0 aliphatic rings. The maximum Gasteiger partial charge on any atom is 0.120 e. The highest BCUT2D eigenvalue weighted by Gasteiger charge is 2.04. The molecule has 0 fully saturated rings. The zero-order chi connectivity index (χ0) is 9.94. The molecule has 1 atom stereocenters. The highest BCUT2D eigenvalue weighted by molar-refractivity contribution is 5.45. The van der Waals surface area contributed by atoms with Crippen molar-refractivity contribution >= 4 is 5.94 Å². The molecule has 0 aromatic heterocycles. The molecule has 13 heavy (non-hydrogen) atoms. The fourth-order valence-electron chi connectivity index (χ4n) is 1.28. The highest BCUT2D eigenvalue weighted by atomic mass is 16.3. The Morgan fingerprint density at radius 2 is 1.69 bits per heavy atom. The lowest BCUT2D eigenvalue weighted by Gasteiger charge is -2.09. The van der Waals surface area contributed by atoms with Gasteiger partial charge in [0.2, 0.25) is 0 Å². The van der Waals surface area contributed by atoms with Gasteiger partial charge in [0.1, 0.15) is 5.94 Å². The van der Waals surface area contributed by atoms with Crippen molar-refractivity contribution < 1.29 is 15.0 Å². The van der Waals surface area contributed by atoms with E-state index in [2.05, 4.69) is 0 Å². The van der Waals surface area contributed by atoms with Crippen LogP contribution in [0.2, 0.25) is 0 Å². The molecule has 1 unspecified atom stereocenters. The Labute approximate surface area is 79.1 Å². The topological polar surface area (TPSA) is 57.5 Å². The van der Waals surface area contributed by atoms with E-state index in [1.807, 2.05) is 0 Å². The molecule has 3 nitrogen and oxygen atoms in total. The number of unbranched alkanes of at least 4 members (excludes halogenated alkanes) is 1. The number of hydrogen-bond donors (Lipinski definition) is 2.